The van der Waals surface area contributed by atoms with Gasteiger partial charge in [0.2, 0.25) is 5.60 Å². The molecule has 6 atom stereocenters. The van der Waals surface area contributed by atoms with Crippen molar-refractivity contribution in [2.24, 2.45) is 0 Å². The van der Waals surface area contributed by atoms with Gasteiger partial charge in [-0.2, -0.15) is 10.4 Å². The van der Waals surface area contributed by atoms with Gasteiger partial charge in [-0.05, 0) is 43.3 Å². The summed E-state index contributed by atoms with van der Waals surface area (Å²) in [6, 6.07) is 8.79. The van der Waals surface area contributed by atoms with Crippen LogP contribution in [0.25, 0.3) is 5.52 Å². The lowest BCUT2D eigenvalue weighted by atomic mass is 9.92. The van der Waals surface area contributed by atoms with Gasteiger partial charge in [0, 0.05) is 13.2 Å². The van der Waals surface area contributed by atoms with Crippen molar-refractivity contribution in [1.29, 1.82) is 5.26 Å². The van der Waals surface area contributed by atoms with E-state index < -0.39 is 50.2 Å². The van der Waals surface area contributed by atoms with Crippen LogP contribution in [0.2, 0.25) is 5.02 Å². The molecule has 17 heteroatoms. The highest BCUT2D eigenvalue weighted by Crippen LogP contribution is 2.46. The molecule has 1 saturated heterocycles. The minimum atomic E-state index is -4.77. The van der Waals surface area contributed by atoms with E-state index in [1.165, 1.54) is 119 Å². The quantitative estimate of drug-likeness (QED) is 0.0389. The third-order valence-electron chi connectivity index (χ3n) is 10.8. The van der Waals surface area contributed by atoms with E-state index >= 15 is 0 Å². The van der Waals surface area contributed by atoms with Crippen LogP contribution in [0.1, 0.15) is 121 Å². The number of hydrogen-bond acceptors (Lipinski definition) is 12. The number of aliphatic hydroxyl groups excluding tert-OH is 2. The van der Waals surface area contributed by atoms with Gasteiger partial charge in [-0.1, -0.05) is 121 Å². The third-order valence-corrected chi connectivity index (χ3v) is 12.1. The van der Waals surface area contributed by atoms with Crippen LogP contribution < -0.4 is 5.73 Å². The van der Waals surface area contributed by atoms with E-state index in [1.54, 1.807) is 13.1 Å². The van der Waals surface area contributed by atoms with E-state index in [1.807, 2.05) is 11.0 Å². The predicted octanol–water partition coefficient (Wildman–Crippen LogP) is 7.86. The van der Waals surface area contributed by atoms with Gasteiger partial charge in [0.05, 0.1) is 36.6 Å². The Labute approximate surface area is 347 Å². The molecule has 0 aliphatic carbocycles. The number of fused-ring (bicyclic) bond motifs is 1. The fraction of sp³-hybridized carbons (Fsp3) is 0.683. The number of rotatable bonds is 29. The maximum atomic E-state index is 13.8. The molecular formula is C41H63ClFN6O8P. The summed E-state index contributed by atoms with van der Waals surface area (Å²) in [6.45, 7) is 2.27. The average Bonchev–Trinajstić information content (AvgIpc) is 3.75. The van der Waals surface area contributed by atoms with Crippen LogP contribution in [0.5, 0.6) is 0 Å². The molecule has 0 amide bonds. The Morgan fingerprint density at radius 2 is 1.62 bits per heavy atom. The van der Waals surface area contributed by atoms with Crippen LogP contribution in [0.3, 0.4) is 0 Å². The van der Waals surface area contributed by atoms with Crippen molar-refractivity contribution in [3.8, 4) is 6.07 Å². The molecule has 2 aromatic heterocycles. The SMILES string of the molecule is CCCCCCCCCCCCCCCCCCOC[C@H](COP(=O)(O)OC[C@H]1O[C@@](C#N)(c2ccc3c(N)ncnn23)[C@H](O)[C@@H]1O)N(C)Cc1ccc(F)c(Cl)c1. The van der Waals surface area contributed by atoms with E-state index in [4.69, 9.17) is 35.9 Å². The Bertz CT molecular complexity index is 1770. The molecule has 3 aromatic rings. The zero-order valence-corrected chi connectivity index (χ0v) is 35.7. The topological polar surface area (TPSA) is 198 Å². The number of halogens is 2. The Morgan fingerprint density at radius 1 is 1.00 bits per heavy atom. The Morgan fingerprint density at radius 3 is 2.22 bits per heavy atom. The van der Waals surface area contributed by atoms with Gasteiger partial charge in [-0.25, -0.2) is 18.5 Å². The largest absolute Gasteiger partial charge is 0.472 e. The lowest BCUT2D eigenvalue weighted by Crippen LogP contribution is -2.41. The summed E-state index contributed by atoms with van der Waals surface area (Å²) in [4.78, 5) is 16.4. The van der Waals surface area contributed by atoms with Crippen LogP contribution in [-0.4, -0.2) is 92.4 Å². The summed E-state index contributed by atoms with van der Waals surface area (Å²) in [7, 11) is -2.99. The highest BCUT2D eigenvalue weighted by molar-refractivity contribution is 7.47. The second-order valence-electron chi connectivity index (χ2n) is 15.4. The summed E-state index contributed by atoms with van der Waals surface area (Å²) in [6.07, 6.45) is 16.7. The summed E-state index contributed by atoms with van der Waals surface area (Å²) in [5.41, 5.74) is 4.95. The summed E-state index contributed by atoms with van der Waals surface area (Å²) < 4.78 is 50.7. The van der Waals surface area contributed by atoms with Gasteiger partial charge >= 0.3 is 7.82 Å². The molecule has 1 fully saturated rings. The van der Waals surface area contributed by atoms with Gasteiger partial charge in [-0.3, -0.25) is 13.9 Å². The second-order valence-corrected chi connectivity index (χ2v) is 17.2. The van der Waals surface area contributed by atoms with E-state index in [-0.39, 0.29) is 29.7 Å². The summed E-state index contributed by atoms with van der Waals surface area (Å²) in [5, 5.41) is 36.1. The average molecular weight is 853 g/mol. The predicted molar refractivity (Wildman–Crippen MR) is 220 cm³/mol. The number of aromatic nitrogens is 3. The molecular weight excluding hydrogens is 790 g/mol. The molecule has 0 spiro atoms. The first kappa shape index (κ1) is 47.9. The van der Waals surface area contributed by atoms with Crippen LogP contribution in [0.4, 0.5) is 10.2 Å². The number of benzene rings is 1. The number of phosphoric ester groups is 1. The number of likely N-dealkylation sites (N-methyl/N-ethyl adjacent to an activating group) is 1. The molecule has 1 aromatic carbocycles. The van der Waals surface area contributed by atoms with Gasteiger partial charge in [-0.15, -0.1) is 0 Å². The molecule has 1 aliphatic rings. The second kappa shape index (κ2) is 24.5. The fourth-order valence-electron chi connectivity index (χ4n) is 7.26. The van der Waals surface area contributed by atoms with Gasteiger partial charge in [0.1, 0.15) is 42.0 Å². The molecule has 4 rings (SSSR count). The van der Waals surface area contributed by atoms with E-state index in [0.717, 1.165) is 24.8 Å². The van der Waals surface area contributed by atoms with Crippen molar-refractivity contribution in [3.63, 3.8) is 0 Å². The van der Waals surface area contributed by atoms with Crippen LogP contribution in [0, 0.1) is 17.1 Å². The summed E-state index contributed by atoms with van der Waals surface area (Å²) >= 11 is 6.01. The monoisotopic (exact) mass is 852 g/mol. The Kier molecular flexibility index (Phi) is 20.2. The first-order chi connectivity index (χ1) is 27.9. The molecule has 0 saturated carbocycles. The Balaban J connectivity index is 1.21. The van der Waals surface area contributed by atoms with E-state index in [2.05, 4.69) is 17.0 Å². The smallest absolute Gasteiger partial charge is 0.387 e. The maximum Gasteiger partial charge on any atom is 0.472 e. The van der Waals surface area contributed by atoms with Crippen LogP contribution in [-0.2, 0) is 35.2 Å². The zero-order chi connectivity index (χ0) is 42.0. The normalized spacial score (nSPS) is 21.1. The van der Waals surface area contributed by atoms with Crippen molar-refractivity contribution < 1.29 is 42.6 Å². The number of nitrogen functional groups attached to an aromatic ring is 1. The number of phosphoric acid groups is 1. The molecule has 0 bridgehead atoms. The molecule has 324 valence electrons. The fourth-order valence-corrected chi connectivity index (χ4v) is 8.24. The minimum absolute atomic E-state index is 0.0175. The minimum Gasteiger partial charge on any atom is -0.387 e. The molecule has 1 unspecified atom stereocenters. The first-order valence-corrected chi connectivity index (χ1v) is 22.7. The molecule has 58 heavy (non-hydrogen) atoms. The first-order valence-electron chi connectivity index (χ1n) is 20.8. The Hall–Kier alpha value is -2.74. The number of nitrogens with two attached hydrogens (primary N) is 1. The third kappa shape index (κ3) is 14.2. The van der Waals surface area contributed by atoms with Crippen molar-refractivity contribution in [1.82, 2.24) is 19.5 Å². The molecule has 3 heterocycles. The van der Waals surface area contributed by atoms with Crippen molar-refractivity contribution >= 4 is 30.8 Å². The summed E-state index contributed by atoms with van der Waals surface area (Å²) in [5.74, 6) is -0.415. The molecule has 0 radical (unpaired) electrons. The number of hydrogen-bond donors (Lipinski definition) is 4. The van der Waals surface area contributed by atoms with E-state index in [9.17, 15) is 29.3 Å². The maximum absolute atomic E-state index is 13.8. The van der Waals surface area contributed by atoms with E-state index in [0.29, 0.717) is 18.7 Å². The number of aliphatic hydroxyl groups is 2. The van der Waals surface area contributed by atoms with Crippen LogP contribution in [0.15, 0.2) is 36.7 Å². The number of nitriles is 1. The molecule has 5 N–H and O–H groups in total. The lowest BCUT2D eigenvalue weighted by Gasteiger charge is -2.28. The van der Waals surface area contributed by atoms with Gasteiger partial charge in [0.15, 0.2) is 5.82 Å². The van der Waals surface area contributed by atoms with Crippen LogP contribution >= 0.6 is 19.4 Å². The zero-order valence-electron chi connectivity index (χ0n) is 34.0. The standard InChI is InChI=1S/C41H63ClFN6O8P/c1-3-4-5-6-7-8-9-10-11-12-13-14-15-16-17-18-23-54-26-32(48(2)25-31-19-20-34(43)33(42)24-31)27-55-58(52,53)56-28-36-38(50)39(51)41(29-44,57-36)37-22-21-35-40(45)46-30-47-49(35)37/h19-22,24,30,32,36,38-39,50-51H,3-18,23,25-28H2,1-2H3,(H,52,53)(H2,45,46,47)/t32-,36-,38-,39-,41+/m1/s1. The number of unbranched alkanes of at least 4 members (excludes halogenated alkanes) is 15. The van der Waals surface area contributed by atoms with Crippen molar-refractivity contribution in [3.05, 3.63) is 58.8 Å². The van der Waals surface area contributed by atoms with Crippen molar-refractivity contribution in [2.45, 2.75) is 146 Å². The molecule has 1 aliphatic heterocycles. The number of ether oxygens (including phenoxy) is 2. The number of nitrogens with zero attached hydrogens (tertiary/aromatic N) is 5. The van der Waals surface area contributed by atoms with Gasteiger partial charge < -0.3 is 30.3 Å². The number of anilines is 1. The molecule has 14 nitrogen and oxygen atoms in total. The van der Waals surface area contributed by atoms with Crippen molar-refractivity contribution in [2.75, 3.05) is 39.2 Å². The highest BCUT2D eigenvalue weighted by atomic mass is 35.5. The van der Waals surface area contributed by atoms with Gasteiger partial charge in [0.25, 0.3) is 0 Å². The lowest BCUT2D eigenvalue weighted by molar-refractivity contribution is -0.0649. The highest BCUT2D eigenvalue weighted by Gasteiger charge is 2.58.